The van der Waals surface area contributed by atoms with Crippen LogP contribution in [-0.2, 0) is 4.79 Å². The quantitative estimate of drug-likeness (QED) is 0.373. The Hall–Kier alpha value is -3.63. The highest BCUT2D eigenvalue weighted by Gasteiger charge is 2.30. The molecule has 166 valence electrons. The van der Waals surface area contributed by atoms with Gasteiger partial charge < -0.3 is 9.84 Å². The lowest BCUT2D eigenvalue weighted by Crippen LogP contribution is -2.39. The van der Waals surface area contributed by atoms with Gasteiger partial charge in [0.1, 0.15) is 11.5 Å². The second kappa shape index (κ2) is 9.47. The topological polar surface area (TPSA) is 49.8 Å². The van der Waals surface area contributed by atoms with Crippen LogP contribution < -0.4 is 4.74 Å². The summed E-state index contributed by atoms with van der Waals surface area (Å²) in [6.07, 6.45) is 1.33. The molecule has 0 saturated carbocycles. The normalized spacial score (nSPS) is 15.9. The minimum absolute atomic E-state index is 0.0312. The largest absolute Gasteiger partial charge is 0.481 e. The molecule has 4 aromatic carbocycles. The molecule has 0 radical (unpaired) electrons. The van der Waals surface area contributed by atoms with Crippen molar-refractivity contribution >= 4 is 16.7 Å². The van der Waals surface area contributed by atoms with E-state index in [0.717, 1.165) is 30.2 Å². The number of para-hydroxylation sites is 1. The molecule has 1 atom stereocenters. The molecule has 1 saturated heterocycles. The van der Waals surface area contributed by atoms with Gasteiger partial charge in [-0.15, -0.1) is 0 Å². The first-order valence-electron chi connectivity index (χ1n) is 11.5. The number of carbonyl (C=O) groups is 1. The predicted octanol–water partition coefficient (Wildman–Crippen LogP) is 6.52. The maximum absolute atomic E-state index is 11.5. The van der Waals surface area contributed by atoms with E-state index in [-0.39, 0.29) is 12.0 Å². The fourth-order valence-electron chi connectivity index (χ4n) is 4.77. The third-order valence-electron chi connectivity index (χ3n) is 6.49. The highest BCUT2D eigenvalue weighted by atomic mass is 16.5. The van der Waals surface area contributed by atoms with Crippen molar-refractivity contribution in [3.8, 4) is 11.5 Å². The van der Waals surface area contributed by atoms with Gasteiger partial charge in [-0.1, -0.05) is 66.7 Å². The number of nitrogens with zero attached hydrogens (tertiary/aromatic N) is 1. The molecule has 0 bridgehead atoms. The molecule has 1 aliphatic heterocycles. The smallest absolute Gasteiger partial charge is 0.306 e. The van der Waals surface area contributed by atoms with Crippen LogP contribution in [-0.4, -0.2) is 29.1 Å². The Bertz CT molecular complexity index is 1250. The molecule has 5 rings (SSSR count). The molecule has 0 amide bonds. The van der Waals surface area contributed by atoms with Crippen LogP contribution in [0.3, 0.4) is 0 Å². The van der Waals surface area contributed by atoms with Crippen molar-refractivity contribution in [2.45, 2.75) is 18.9 Å². The van der Waals surface area contributed by atoms with Crippen molar-refractivity contribution in [1.29, 1.82) is 0 Å². The lowest BCUT2D eigenvalue weighted by atomic mass is 9.90. The number of carboxylic acids is 1. The fourth-order valence-corrected chi connectivity index (χ4v) is 4.77. The summed E-state index contributed by atoms with van der Waals surface area (Å²) in [7, 11) is 0. The summed E-state index contributed by atoms with van der Waals surface area (Å²) in [6, 6.07) is 33.1. The lowest BCUT2D eigenvalue weighted by Gasteiger charge is -2.37. The zero-order valence-electron chi connectivity index (χ0n) is 18.4. The number of rotatable bonds is 6. The molecule has 33 heavy (non-hydrogen) atoms. The summed E-state index contributed by atoms with van der Waals surface area (Å²) < 4.78 is 6.11. The first kappa shape index (κ1) is 21.2. The number of carboxylic acid groups (broad SMARTS) is 1. The molecule has 4 nitrogen and oxygen atoms in total. The summed E-state index contributed by atoms with van der Waals surface area (Å²) in [6.45, 7) is 1.50. The first-order chi connectivity index (χ1) is 16.2. The van der Waals surface area contributed by atoms with E-state index in [1.807, 2.05) is 42.5 Å². The van der Waals surface area contributed by atoms with E-state index in [1.165, 1.54) is 16.3 Å². The number of benzene rings is 4. The van der Waals surface area contributed by atoms with Crippen molar-refractivity contribution in [1.82, 2.24) is 4.90 Å². The Labute approximate surface area is 194 Å². The number of hydrogen-bond donors (Lipinski definition) is 1. The predicted molar refractivity (Wildman–Crippen MR) is 131 cm³/mol. The van der Waals surface area contributed by atoms with E-state index in [4.69, 9.17) is 4.74 Å². The standard InChI is InChI=1S/C29H27NO3/c31-29(32)22-15-17-30(18-16-22)28(25-14-13-21-7-4-5-8-23(21)19-25)24-9-6-12-27(20-24)33-26-10-2-1-3-11-26/h1-14,19-20,22,28H,15-18H2,(H,31,32). The van der Waals surface area contributed by atoms with Gasteiger partial charge in [-0.25, -0.2) is 0 Å². The van der Waals surface area contributed by atoms with Crippen LogP contribution in [0.1, 0.15) is 30.0 Å². The van der Waals surface area contributed by atoms with Crippen LogP contribution in [0.15, 0.2) is 97.1 Å². The van der Waals surface area contributed by atoms with Crippen LogP contribution in [0, 0.1) is 5.92 Å². The van der Waals surface area contributed by atoms with Crippen LogP contribution >= 0.6 is 0 Å². The molecule has 4 heteroatoms. The van der Waals surface area contributed by atoms with Gasteiger partial charge in [0.15, 0.2) is 0 Å². The van der Waals surface area contributed by atoms with Crippen molar-refractivity contribution in [2.75, 3.05) is 13.1 Å². The van der Waals surface area contributed by atoms with Gasteiger partial charge in [0.05, 0.1) is 12.0 Å². The van der Waals surface area contributed by atoms with E-state index in [2.05, 4.69) is 59.5 Å². The average Bonchev–Trinajstić information content (AvgIpc) is 2.85. The third-order valence-corrected chi connectivity index (χ3v) is 6.49. The number of hydrogen-bond acceptors (Lipinski definition) is 3. The molecule has 0 aromatic heterocycles. The third kappa shape index (κ3) is 4.76. The van der Waals surface area contributed by atoms with Gasteiger partial charge in [-0.3, -0.25) is 9.69 Å². The molecular weight excluding hydrogens is 410 g/mol. The second-order valence-corrected chi connectivity index (χ2v) is 8.65. The Morgan fingerprint density at radius 3 is 2.18 bits per heavy atom. The van der Waals surface area contributed by atoms with Crippen LogP contribution in [0.25, 0.3) is 10.8 Å². The van der Waals surface area contributed by atoms with E-state index >= 15 is 0 Å². The monoisotopic (exact) mass is 437 g/mol. The number of fused-ring (bicyclic) bond motifs is 1. The van der Waals surface area contributed by atoms with Crippen LogP contribution in [0.5, 0.6) is 11.5 Å². The lowest BCUT2D eigenvalue weighted by molar-refractivity contribution is -0.143. The maximum Gasteiger partial charge on any atom is 0.306 e. The molecule has 1 N–H and O–H groups in total. The van der Waals surface area contributed by atoms with Gasteiger partial charge in [-0.05, 0) is 78.2 Å². The summed E-state index contributed by atoms with van der Waals surface area (Å²) in [5.41, 5.74) is 2.35. The maximum atomic E-state index is 11.5. The number of likely N-dealkylation sites (tertiary alicyclic amines) is 1. The van der Waals surface area contributed by atoms with Crippen molar-refractivity contribution < 1.29 is 14.6 Å². The summed E-state index contributed by atoms with van der Waals surface area (Å²) in [4.78, 5) is 13.9. The molecule has 1 fully saturated rings. The van der Waals surface area contributed by atoms with Gasteiger partial charge in [-0.2, -0.15) is 0 Å². The van der Waals surface area contributed by atoms with Crippen molar-refractivity contribution in [3.63, 3.8) is 0 Å². The SMILES string of the molecule is O=C(O)C1CCN(C(c2cccc(Oc3ccccc3)c2)c2ccc3ccccc3c2)CC1. The molecule has 1 aliphatic rings. The van der Waals surface area contributed by atoms with Crippen molar-refractivity contribution in [3.05, 3.63) is 108 Å². The summed E-state index contributed by atoms with van der Waals surface area (Å²) in [5, 5.41) is 11.9. The molecule has 4 aromatic rings. The molecule has 0 aliphatic carbocycles. The highest BCUT2D eigenvalue weighted by Crippen LogP contribution is 2.36. The van der Waals surface area contributed by atoms with Crippen LogP contribution in [0.4, 0.5) is 0 Å². The highest BCUT2D eigenvalue weighted by molar-refractivity contribution is 5.83. The van der Waals surface area contributed by atoms with E-state index < -0.39 is 5.97 Å². The molecule has 0 spiro atoms. The molecule has 1 heterocycles. The first-order valence-corrected chi connectivity index (χ1v) is 11.5. The average molecular weight is 438 g/mol. The van der Waals surface area contributed by atoms with Crippen LogP contribution in [0.2, 0.25) is 0 Å². The minimum Gasteiger partial charge on any atom is -0.481 e. The second-order valence-electron chi connectivity index (χ2n) is 8.65. The van der Waals surface area contributed by atoms with Gasteiger partial charge >= 0.3 is 5.97 Å². The fraction of sp³-hybridized carbons (Fsp3) is 0.207. The summed E-state index contributed by atoms with van der Waals surface area (Å²) in [5.74, 6) is 0.658. The van der Waals surface area contributed by atoms with Gasteiger partial charge in [0.25, 0.3) is 0 Å². The zero-order valence-corrected chi connectivity index (χ0v) is 18.4. The molecular formula is C29H27NO3. The Morgan fingerprint density at radius 2 is 1.42 bits per heavy atom. The number of piperidine rings is 1. The molecule has 1 unspecified atom stereocenters. The summed E-state index contributed by atoms with van der Waals surface area (Å²) >= 11 is 0. The minimum atomic E-state index is -0.685. The Balaban J connectivity index is 1.51. The van der Waals surface area contributed by atoms with E-state index in [1.54, 1.807) is 0 Å². The number of ether oxygens (including phenoxy) is 1. The van der Waals surface area contributed by atoms with E-state index in [9.17, 15) is 9.90 Å². The Morgan fingerprint density at radius 1 is 0.758 bits per heavy atom. The Kier molecular flexibility index (Phi) is 6.09. The van der Waals surface area contributed by atoms with Gasteiger partial charge in [0.2, 0.25) is 0 Å². The number of aliphatic carboxylic acids is 1. The zero-order chi connectivity index (χ0) is 22.6. The van der Waals surface area contributed by atoms with Gasteiger partial charge in [0, 0.05) is 0 Å². The van der Waals surface area contributed by atoms with Crippen molar-refractivity contribution in [2.24, 2.45) is 5.92 Å². The van der Waals surface area contributed by atoms with E-state index in [0.29, 0.717) is 12.8 Å².